The van der Waals surface area contributed by atoms with E-state index in [0.29, 0.717) is 52.8 Å². The number of hydrogen-bond donors (Lipinski definition) is 3. The lowest BCUT2D eigenvalue weighted by molar-refractivity contribution is -0.164. The highest BCUT2D eigenvalue weighted by Crippen LogP contribution is 2.52. The van der Waals surface area contributed by atoms with Gasteiger partial charge in [0, 0.05) is 40.2 Å². The van der Waals surface area contributed by atoms with E-state index >= 15 is 9.59 Å². The van der Waals surface area contributed by atoms with Crippen molar-refractivity contribution >= 4 is 41.5 Å². The minimum absolute atomic E-state index is 0.106. The number of allylic oxidation sites excluding steroid dienone is 1. The van der Waals surface area contributed by atoms with E-state index in [9.17, 15) is 9.59 Å². The summed E-state index contributed by atoms with van der Waals surface area (Å²) in [5.41, 5.74) is 0.870. The lowest BCUT2D eigenvalue weighted by Gasteiger charge is -2.50. The van der Waals surface area contributed by atoms with Crippen LogP contribution in [0.1, 0.15) is 232 Å². The smallest absolute Gasteiger partial charge is 0.342 e. The van der Waals surface area contributed by atoms with Gasteiger partial charge in [0.1, 0.15) is 35.0 Å². The van der Waals surface area contributed by atoms with Crippen LogP contribution in [0.15, 0.2) is 21.8 Å². The van der Waals surface area contributed by atoms with Crippen molar-refractivity contribution in [2.24, 2.45) is 78.9 Å². The first-order chi connectivity index (χ1) is 31.3. The van der Waals surface area contributed by atoms with Gasteiger partial charge in [-0.3, -0.25) is 9.59 Å². The third-order valence-electron chi connectivity index (χ3n) is 16.5. The Balaban J connectivity index is 2.04. The summed E-state index contributed by atoms with van der Waals surface area (Å²) < 4.78 is 13.8. The van der Waals surface area contributed by atoms with E-state index in [1.165, 1.54) is 0 Å². The van der Waals surface area contributed by atoms with Crippen molar-refractivity contribution in [1.82, 2.24) is 10.3 Å². The van der Waals surface area contributed by atoms with Gasteiger partial charge in [-0.2, -0.15) is 0 Å². The van der Waals surface area contributed by atoms with E-state index in [1.807, 2.05) is 75.3 Å². The molecule has 3 aliphatic rings. The maximum atomic E-state index is 15.3. The number of H-pyrrole nitrogens is 1. The Hall–Kier alpha value is -3.69. The quantitative estimate of drug-likeness (QED) is 0.178. The molecule has 10 nitrogen and oxygen atoms in total. The number of amides is 2. The van der Waals surface area contributed by atoms with Gasteiger partial charge in [0.25, 0.3) is 0 Å². The summed E-state index contributed by atoms with van der Waals surface area (Å²) in [4.78, 5) is 67.4. The van der Waals surface area contributed by atoms with Crippen LogP contribution < -0.4 is 10.6 Å². The first-order valence-electron chi connectivity index (χ1n) is 26.6. The van der Waals surface area contributed by atoms with Crippen LogP contribution in [-0.4, -0.2) is 46.8 Å². The average Bonchev–Trinajstić information content (AvgIpc) is 3.74. The molecule has 0 radical (unpaired) electrons. The monoisotopic (exact) mass is 959 g/mol. The van der Waals surface area contributed by atoms with Crippen LogP contribution in [0.3, 0.4) is 0 Å². The molecule has 1 aromatic heterocycles. The SMILES string of the molecule is CCC(C)(C)C(=O)NC1=NC(=Cc2[nH]c(NC(=O)C(C)(C)CC)c(C(=O)OC3C(C(C)(C)C)CC(C)CC3C(C)(C)C)c2C(C)C)C(C(C)C)=C1C(=O)OC1C(C(C)(C)C)CC(C)CC1C(C)(C)C. The van der Waals surface area contributed by atoms with E-state index in [0.717, 1.165) is 25.7 Å². The van der Waals surface area contributed by atoms with E-state index in [2.05, 4.69) is 113 Å². The summed E-state index contributed by atoms with van der Waals surface area (Å²) in [6.45, 7) is 51.1. The summed E-state index contributed by atoms with van der Waals surface area (Å²) >= 11 is 0. The van der Waals surface area contributed by atoms with Crippen molar-refractivity contribution in [2.75, 3.05) is 5.32 Å². The van der Waals surface area contributed by atoms with Gasteiger partial charge in [-0.25, -0.2) is 14.6 Å². The van der Waals surface area contributed by atoms with Gasteiger partial charge in [-0.05, 0) is 101 Å². The van der Waals surface area contributed by atoms with Crippen LogP contribution >= 0.6 is 0 Å². The van der Waals surface area contributed by atoms with Crippen molar-refractivity contribution in [1.29, 1.82) is 0 Å². The van der Waals surface area contributed by atoms with Crippen LogP contribution in [0.25, 0.3) is 6.08 Å². The van der Waals surface area contributed by atoms with Crippen molar-refractivity contribution in [2.45, 2.75) is 223 Å². The molecule has 2 amide bonds. The summed E-state index contributed by atoms with van der Waals surface area (Å²) in [7, 11) is 0. The molecule has 2 heterocycles. The third-order valence-corrected chi connectivity index (χ3v) is 16.5. The molecule has 2 fully saturated rings. The van der Waals surface area contributed by atoms with E-state index in [1.54, 1.807) is 0 Å². The zero-order chi connectivity index (χ0) is 52.9. The Bertz CT molecular complexity index is 2100. The van der Waals surface area contributed by atoms with Gasteiger partial charge in [-0.15, -0.1) is 0 Å². The second kappa shape index (κ2) is 20.8. The second-order valence-corrected chi connectivity index (χ2v) is 28.0. The van der Waals surface area contributed by atoms with Gasteiger partial charge in [0.2, 0.25) is 11.8 Å². The number of nitrogens with one attached hydrogen (secondary N) is 3. The zero-order valence-corrected chi connectivity index (χ0v) is 48.0. The Labute approximate surface area is 419 Å². The molecule has 0 aromatic carbocycles. The lowest BCUT2D eigenvalue weighted by Crippen LogP contribution is -2.50. The van der Waals surface area contributed by atoms with Crippen LogP contribution in [-0.2, 0) is 23.9 Å². The maximum absolute atomic E-state index is 15.3. The van der Waals surface area contributed by atoms with Crippen molar-refractivity contribution in [3.05, 3.63) is 33.7 Å². The molecule has 4 unspecified atom stereocenters. The highest BCUT2D eigenvalue weighted by Gasteiger charge is 2.51. The number of aromatic amines is 1. The molecule has 69 heavy (non-hydrogen) atoms. The topological polar surface area (TPSA) is 139 Å². The number of anilines is 1. The number of rotatable bonds is 12. The number of amidine groups is 1. The fraction of sp³-hybridized carbons (Fsp3) is 0.780. The van der Waals surface area contributed by atoms with Gasteiger partial charge in [-0.1, -0.05) is 166 Å². The molecule has 4 rings (SSSR count). The molecule has 1 aromatic rings. The fourth-order valence-corrected chi connectivity index (χ4v) is 11.2. The van der Waals surface area contributed by atoms with Crippen LogP contribution in [0.4, 0.5) is 5.82 Å². The molecule has 4 atom stereocenters. The first-order valence-corrected chi connectivity index (χ1v) is 26.6. The predicted molar refractivity (Wildman–Crippen MR) is 285 cm³/mol. The van der Waals surface area contributed by atoms with E-state index in [-0.39, 0.29) is 98.4 Å². The minimum Gasteiger partial charge on any atom is -0.458 e. The number of nitrogens with zero attached hydrogens (tertiary/aromatic N) is 1. The van der Waals surface area contributed by atoms with Crippen LogP contribution in [0.5, 0.6) is 0 Å². The van der Waals surface area contributed by atoms with Crippen LogP contribution in [0.2, 0.25) is 0 Å². The number of aliphatic imine (C=N–C) groups is 1. The van der Waals surface area contributed by atoms with E-state index < -0.39 is 22.8 Å². The summed E-state index contributed by atoms with van der Waals surface area (Å²) in [5, 5.41) is 6.25. The van der Waals surface area contributed by atoms with Crippen LogP contribution in [0, 0.1) is 73.9 Å². The molecule has 0 saturated heterocycles. The zero-order valence-electron chi connectivity index (χ0n) is 48.0. The van der Waals surface area contributed by atoms with Gasteiger partial charge in [0.05, 0.1) is 5.70 Å². The third kappa shape index (κ3) is 13.1. The highest BCUT2D eigenvalue weighted by atomic mass is 16.5. The molecule has 2 saturated carbocycles. The van der Waals surface area contributed by atoms with Gasteiger partial charge in [0.15, 0.2) is 0 Å². The highest BCUT2D eigenvalue weighted by molar-refractivity contribution is 6.26. The summed E-state index contributed by atoms with van der Waals surface area (Å²) in [6.07, 6.45) is 6.08. The van der Waals surface area contributed by atoms with E-state index in [4.69, 9.17) is 14.5 Å². The average molecular weight is 959 g/mol. The molecular weight excluding hydrogens is 861 g/mol. The molecule has 0 spiro atoms. The Kier molecular flexibility index (Phi) is 17.5. The molecule has 1 aliphatic heterocycles. The molecule has 3 N–H and O–H groups in total. The standard InChI is InChI=1S/C59H98N4O6/c1-25-58(21,22)52(66)62-48-44(50(64)68-46-36(54(9,10)11)27-34(7)28-37(46)55(12,13)14)42(32(3)4)40(60-48)31-41-43(33(5)6)45(49(61-41)63-53(67)59(23,24)26-2)51(65)69-47-38(56(15,16)17)29-35(8)30-39(47)57(18,19)20/h31-39,46-47,60H,25-30H2,1-24H3,(H,62,66)(H,61,63,67). The second-order valence-electron chi connectivity index (χ2n) is 28.0. The van der Waals surface area contributed by atoms with Crippen molar-refractivity contribution < 1.29 is 28.7 Å². The van der Waals surface area contributed by atoms with Crippen molar-refractivity contribution in [3.63, 3.8) is 0 Å². The Morgan fingerprint density at radius 1 is 0.609 bits per heavy atom. The van der Waals surface area contributed by atoms with Crippen molar-refractivity contribution in [3.8, 4) is 0 Å². The Morgan fingerprint density at radius 3 is 1.33 bits per heavy atom. The number of aromatic nitrogens is 1. The molecule has 390 valence electrons. The first kappa shape index (κ1) is 57.9. The Morgan fingerprint density at radius 2 is 0.986 bits per heavy atom. The number of carbonyl (C=O) groups excluding carboxylic acids is 4. The maximum Gasteiger partial charge on any atom is 0.342 e. The number of hydrogen-bond acceptors (Lipinski definition) is 7. The lowest BCUT2D eigenvalue weighted by atomic mass is 9.59. The minimum atomic E-state index is -0.747. The fourth-order valence-electron chi connectivity index (χ4n) is 11.2. The molecular formula is C59H98N4O6. The number of ether oxygens (including phenoxy) is 2. The predicted octanol–water partition coefficient (Wildman–Crippen LogP) is 14.7. The number of esters is 2. The number of carbonyl (C=O) groups is 4. The molecule has 10 heteroatoms. The van der Waals surface area contributed by atoms with Gasteiger partial charge < -0.3 is 25.1 Å². The largest absolute Gasteiger partial charge is 0.458 e. The van der Waals surface area contributed by atoms with Gasteiger partial charge >= 0.3 is 11.9 Å². The summed E-state index contributed by atoms with van der Waals surface area (Å²) in [5.74, 6) is -0.0966. The molecule has 2 aliphatic carbocycles. The molecule has 0 bridgehead atoms. The normalized spacial score (nSPS) is 26.1. The summed E-state index contributed by atoms with van der Waals surface area (Å²) in [6, 6.07) is 0.